The molecule has 0 radical (unpaired) electrons. The van der Waals surface area contributed by atoms with Crippen molar-refractivity contribution in [2.45, 2.75) is 84.0 Å². The molecule has 4 amide bonds. The van der Waals surface area contributed by atoms with Gasteiger partial charge in [0, 0.05) is 6.54 Å². The number of hydrogen-bond donors (Lipinski definition) is 5. The average molecular weight is 456 g/mol. The number of carboxylic acids is 1. The molecule has 1 fully saturated rings. The summed E-state index contributed by atoms with van der Waals surface area (Å²) in [6.07, 6.45) is 1.46. The zero-order chi connectivity index (χ0) is 24.6. The predicted molar refractivity (Wildman–Crippen MR) is 117 cm³/mol. The molecule has 0 aromatic rings. The second kappa shape index (κ2) is 12.4. The topological polar surface area (TPSA) is 185 Å². The average Bonchev–Trinajstić information content (AvgIpc) is 3.19. The van der Waals surface area contributed by atoms with Gasteiger partial charge >= 0.3 is 5.97 Å². The van der Waals surface area contributed by atoms with Gasteiger partial charge in [-0.25, -0.2) is 4.79 Å². The molecule has 1 saturated heterocycles. The van der Waals surface area contributed by atoms with Crippen LogP contribution in [0.3, 0.4) is 0 Å². The number of aliphatic carboxylic acids is 1. The minimum atomic E-state index is -1.18. The van der Waals surface area contributed by atoms with Gasteiger partial charge < -0.3 is 32.1 Å². The molecular weight excluding hydrogens is 418 g/mol. The van der Waals surface area contributed by atoms with Gasteiger partial charge in [-0.3, -0.25) is 19.2 Å². The molecule has 5 atom stereocenters. The normalized spacial score (nSPS) is 19.7. The van der Waals surface area contributed by atoms with Crippen LogP contribution in [-0.4, -0.2) is 70.3 Å². The molecule has 5 unspecified atom stereocenters. The fourth-order valence-electron chi connectivity index (χ4n) is 3.70. The number of amides is 4. The van der Waals surface area contributed by atoms with Crippen LogP contribution < -0.4 is 22.1 Å². The van der Waals surface area contributed by atoms with Crippen LogP contribution in [0, 0.1) is 11.8 Å². The number of nitrogens with two attached hydrogens (primary N) is 2. The molecule has 11 nitrogen and oxygen atoms in total. The summed E-state index contributed by atoms with van der Waals surface area (Å²) in [5, 5.41) is 14.6. The highest BCUT2D eigenvalue weighted by molar-refractivity contribution is 5.95. The monoisotopic (exact) mass is 455 g/mol. The van der Waals surface area contributed by atoms with Gasteiger partial charge in [0.15, 0.2) is 0 Å². The third kappa shape index (κ3) is 7.77. The van der Waals surface area contributed by atoms with Crippen LogP contribution in [0.2, 0.25) is 0 Å². The van der Waals surface area contributed by atoms with E-state index in [4.69, 9.17) is 11.5 Å². The largest absolute Gasteiger partial charge is 0.480 e. The van der Waals surface area contributed by atoms with Crippen molar-refractivity contribution in [2.75, 3.05) is 6.54 Å². The van der Waals surface area contributed by atoms with Crippen LogP contribution in [0.5, 0.6) is 0 Å². The van der Waals surface area contributed by atoms with Crippen molar-refractivity contribution in [3.05, 3.63) is 0 Å². The lowest BCUT2D eigenvalue weighted by atomic mass is 9.96. The highest BCUT2D eigenvalue weighted by atomic mass is 16.4. The molecule has 0 spiro atoms. The van der Waals surface area contributed by atoms with E-state index in [1.165, 1.54) is 4.90 Å². The summed E-state index contributed by atoms with van der Waals surface area (Å²) in [5.74, 6) is -3.70. The van der Waals surface area contributed by atoms with E-state index in [0.29, 0.717) is 25.8 Å². The molecule has 1 aliphatic rings. The number of nitrogens with one attached hydrogen (secondary N) is 2. The minimum Gasteiger partial charge on any atom is -0.480 e. The first-order valence-electron chi connectivity index (χ1n) is 11.1. The first kappa shape index (κ1) is 27.3. The molecule has 0 aromatic heterocycles. The van der Waals surface area contributed by atoms with E-state index in [1.54, 1.807) is 6.92 Å². The smallest absolute Gasteiger partial charge is 0.326 e. The van der Waals surface area contributed by atoms with E-state index in [2.05, 4.69) is 10.6 Å². The Morgan fingerprint density at radius 1 is 1.12 bits per heavy atom. The second-order valence-corrected chi connectivity index (χ2v) is 8.87. The molecule has 182 valence electrons. The summed E-state index contributed by atoms with van der Waals surface area (Å²) in [5.41, 5.74) is 10.8. The van der Waals surface area contributed by atoms with E-state index in [1.807, 2.05) is 20.8 Å². The van der Waals surface area contributed by atoms with Crippen LogP contribution in [0.15, 0.2) is 0 Å². The summed E-state index contributed by atoms with van der Waals surface area (Å²) in [6, 6.07) is -3.99. The van der Waals surface area contributed by atoms with E-state index in [-0.39, 0.29) is 24.7 Å². The number of rotatable bonds is 12. The number of nitrogens with zero attached hydrogens (tertiary/aromatic N) is 1. The van der Waals surface area contributed by atoms with Crippen molar-refractivity contribution >= 4 is 29.6 Å². The number of carbonyl (C=O) groups excluding carboxylic acids is 4. The SMILES string of the molecule is CCC(C)C(NC(=O)C(N)CC(N)=O)C(=O)N1CCCC1C(=O)NC(CC(C)C)C(=O)O. The maximum atomic E-state index is 13.3. The third-order valence-electron chi connectivity index (χ3n) is 5.69. The Bertz CT molecular complexity index is 713. The Morgan fingerprint density at radius 3 is 2.25 bits per heavy atom. The molecule has 1 aliphatic heterocycles. The fourth-order valence-corrected chi connectivity index (χ4v) is 3.70. The Kier molecular flexibility index (Phi) is 10.6. The van der Waals surface area contributed by atoms with Gasteiger partial charge in [-0.1, -0.05) is 34.1 Å². The number of carboxylic acid groups (broad SMARTS) is 1. The van der Waals surface area contributed by atoms with E-state index < -0.39 is 53.8 Å². The summed E-state index contributed by atoms with van der Waals surface area (Å²) in [4.78, 5) is 62.5. The lowest BCUT2D eigenvalue weighted by Gasteiger charge is -2.32. The van der Waals surface area contributed by atoms with E-state index >= 15 is 0 Å². The Hall–Kier alpha value is -2.69. The number of primary amides is 1. The maximum absolute atomic E-state index is 13.3. The van der Waals surface area contributed by atoms with Gasteiger partial charge in [0.05, 0.1) is 12.5 Å². The molecule has 0 aromatic carbocycles. The van der Waals surface area contributed by atoms with Crippen LogP contribution in [0.25, 0.3) is 0 Å². The van der Waals surface area contributed by atoms with Crippen LogP contribution in [0.1, 0.15) is 59.8 Å². The lowest BCUT2D eigenvalue weighted by Crippen LogP contribution is -2.58. The molecule has 0 bridgehead atoms. The molecular formula is C21H37N5O6. The van der Waals surface area contributed by atoms with Crippen molar-refractivity contribution in [3.8, 4) is 0 Å². The van der Waals surface area contributed by atoms with Gasteiger partial charge in [-0.05, 0) is 31.1 Å². The van der Waals surface area contributed by atoms with Crippen molar-refractivity contribution < 1.29 is 29.1 Å². The Morgan fingerprint density at radius 2 is 1.75 bits per heavy atom. The van der Waals surface area contributed by atoms with Gasteiger partial charge in [-0.2, -0.15) is 0 Å². The van der Waals surface area contributed by atoms with Gasteiger partial charge in [0.1, 0.15) is 18.1 Å². The molecule has 1 heterocycles. The number of hydrogen-bond acceptors (Lipinski definition) is 6. The quantitative estimate of drug-likeness (QED) is 0.258. The zero-order valence-corrected chi connectivity index (χ0v) is 19.3. The van der Waals surface area contributed by atoms with Gasteiger partial charge in [-0.15, -0.1) is 0 Å². The summed E-state index contributed by atoms with van der Waals surface area (Å²) >= 11 is 0. The fraction of sp³-hybridized carbons (Fsp3) is 0.762. The third-order valence-corrected chi connectivity index (χ3v) is 5.69. The van der Waals surface area contributed by atoms with Crippen molar-refractivity contribution in [1.82, 2.24) is 15.5 Å². The standard InChI is InChI=1S/C21H37N5O6/c1-5-12(4)17(25-18(28)13(22)10-16(23)27)20(30)26-8-6-7-15(26)19(29)24-14(21(31)32)9-11(2)3/h11-15,17H,5-10,22H2,1-4H3,(H2,23,27)(H,24,29)(H,25,28)(H,31,32). The Balaban J connectivity index is 2.98. The zero-order valence-electron chi connectivity index (χ0n) is 19.3. The predicted octanol–water partition coefficient (Wildman–Crippen LogP) is -0.673. The summed E-state index contributed by atoms with van der Waals surface area (Å²) in [6.45, 7) is 7.68. The van der Waals surface area contributed by atoms with Gasteiger partial charge in [0.2, 0.25) is 23.6 Å². The summed E-state index contributed by atoms with van der Waals surface area (Å²) in [7, 11) is 0. The second-order valence-electron chi connectivity index (χ2n) is 8.87. The maximum Gasteiger partial charge on any atom is 0.326 e. The molecule has 0 aliphatic carbocycles. The van der Waals surface area contributed by atoms with Crippen LogP contribution >= 0.6 is 0 Å². The molecule has 32 heavy (non-hydrogen) atoms. The molecule has 0 saturated carbocycles. The van der Waals surface area contributed by atoms with E-state index in [0.717, 1.165) is 0 Å². The molecule has 7 N–H and O–H groups in total. The highest BCUT2D eigenvalue weighted by Gasteiger charge is 2.40. The number of carbonyl (C=O) groups is 5. The summed E-state index contributed by atoms with van der Waals surface area (Å²) < 4.78 is 0. The van der Waals surface area contributed by atoms with Crippen molar-refractivity contribution in [2.24, 2.45) is 23.3 Å². The minimum absolute atomic E-state index is 0.0623. The number of likely N-dealkylation sites (tertiary alicyclic amines) is 1. The van der Waals surface area contributed by atoms with Crippen LogP contribution in [-0.2, 0) is 24.0 Å². The van der Waals surface area contributed by atoms with Crippen molar-refractivity contribution in [1.29, 1.82) is 0 Å². The molecule has 1 rings (SSSR count). The van der Waals surface area contributed by atoms with E-state index in [9.17, 15) is 29.1 Å². The first-order chi connectivity index (χ1) is 14.9. The van der Waals surface area contributed by atoms with Crippen LogP contribution in [0.4, 0.5) is 0 Å². The van der Waals surface area contributed by atoms with Gasteiger partial charge in [0.25, 0.3) is 0 Å². The molecule has 11 heteroatoms. The van der Waals surface area contributed by atoms with Crippen molar-refractivity contribution in [3.63, 3.8) is 0 Å². The Labute approximate surface area is 188 Å². The highest BCUT2D eigenvalue weighted by Crippen LogP contribution is 2.22. The first-order valence-corrected chi connectivity index (χ1v) is 11.1. The lowest BCUT2D eigenvalue weighted by molar-refractivity contribution is -0.145.